The van der Waals surface area contributed by atoms with Crippen LogP contribution in [0.25, 0.3) is 0 Å². The van der Waals surface area contributed by atoms with Crippen molar-refractivity contribution >= 4 is 24.8 Å². The SMILES string of the molecule is CN(C)C1CNC2(CCC2)C1.Cl.Cl. The first kappa shape index (κ1) is 13.5. The van der Waals surface area contributed by atoms with E-state index in [0.717, 1.165) is 6.04 Å². The van der Waals surface area contributed by atoms with Gasteiger partial charge in [0.05, 0.1) is 0 Å². The van der Waals surface area contributed by atoms with Gasteiger partial charge in [0, 0.05) is 18.1 Å². The quantitative estimate of drug-likeness (QED) is 0.733. The average molecular weight is 227 g/mol. The molecule has 0 bridgehead atoms. The largest absolute Gasteiger partial charge is 0.310 e. The summed E-state index contributed by atoms with van der Waals surface area (Å²) in [5.74, 6) is 0. The van der Waals surface area contributed by atoms with Crippen LogP contribution in [-0.2, 0) is 0 Å². The van der Waals surface area contributed by atoms with Gasteiger partial charge in [-0.05, 0) is 39.8 Å². The summed E-state index contributed by atoms with van der Waals surface area (Å²) >= 11 is 0. The van der Waals surface area contributed by atoms with Crippen molar-refractivity contribution in [3.63, 3.8) is 0 Å². The zero-order chi connectivity index (χ0) is 7.90. The van der Waals surface area contributed by atoms with Gasteiger partial charge in [-0.1, -0.05) is 0 Å². The van der Waals surface area contributed by atoms with Crippen molar-refractivity contribution in [2.75, 3.05) is 20.6 Å². The fourth-order valence-corrected chi connectivity index (χ4v) is 2.28. The molecule has 1 atom stereocenters. The van der Waals surface area contributed by atoms with E-state index in [1.807, 2.05) is 0 Å². The molecule has 0 aromatic carbocycles. The van der Waals surface area contributed by atoms with Gasteiger partial charge in [0.25, 0.3) is 0 Å². The van der Waals surface area contributed by atoms with Crippen LogP contribution in [0.2, 0.25) is 0 Å². The van der Waals surface area contributed by atoms with Crippen molar-refractivity contribution in [3.8, 4) is 0 Å². The first-order chi connectivity index (χ1) is 5.22. The van der Waals surface area contributed by atoms with Crippen LogP contribution in [0.15, 0.2) is 0 Å². The van der Waals surface area contributed by atoms with Crippen molar-refractivity contribution in [3.05, 3.63) is 0 Å². The van der Waals surface area contributed by atoms with Crippen molar-refractivity contribution in [1.29, 1.82) is 0 Å². The molecule has 80 valence electrons. The molecule has 0 amide bonds. The molecule has 1 heterocycles. The molecule has 0 aromatic heterocycles. The van der Waals surface area contributed by atoms with Gasteiger partial charge in [-0.3, -0.25) is 0 Å². The standard InChI is InChI=1S/C9H18N2.2ClH/c1-11(2)8-6-9(10-7-8)4-3-5-9;;/h8,10H,3-7H2,1-2H3;2*1H. The molecule has 1 aliphatic heterocycles. The van der Waals surface area contributed by atoms with Crippen molar-refractivity contribution in [2.45, 2.75) is 37.3 Å². The fourth-order valence-electron chi connectivity index (χ4n) is 2.28. The summed E-state index contributed by atoms with van der Waals surface area (Å²) in [4.78, 5) is 2.35. The van der Waals surface area contributed by atoms with Crippen LogP contribution < -0.4 is 5.32 Å². The summed E-state index contributed by atoms with van der Waals surface area (Å²) in [5, 5.41) is 3.66. The summed E-state index contributed by atoms with van der Waals surface area (Å²) in [6.07, 6.45) is 5.64. The van der Waals surface area contributed by atoms with Crippen LogP contribution in [0.4, 0.5) is 0 Å². The summed E-state index contributed by atoms with van der Waals surface area (Å²) < 4.78 is 0. The van der Waals surface area contributed by atoms with Crippen LogP contribution >= 0.6 is 24.8 Å². The van der Waals surface area contributed by atoms with E-state index in [4.69, 9.17) is 0 Å². The summed E-state index contributed by atoms with van der Waals surface area (Å²) in [7, 11) is 4.37. The molecule has 1 N–H and O–H groups in total. The third kappa shape index (κ3) is 2.50. The van der Waals surface area contributed by atoms with Crippen LogP contribution in [0, 0.1) is 0 Å². The summed E-state index contributed by atoms with van der Waals surface area (Å²) in [6, 6.07) is 0.787. The van der Waals surface area contributed by atoms with E-state index in [0.29, 0.717) is 5.54 Å². The topological polar surface area (TPSA) is 15.3 Å². The van der Waals surface area contributed by atoms with E-state index >= 15 is 0 Å². The maximum atomic E-state index is 3.66. The number of halogens is 2. The first-order valence-corrected chi connectivity index (χ1v) is 4.63. The average Bonchev–Trinajstić information content (AvgIpc) is 2.28. The van der Waals surface area contributed by atoms with Gasteiger partial charge in [0.2, 0.25) is 0 Å². The zero-order valence-electron chi connectivity index (χ0n) is 8.38. The van der Waals surface area contributed by atoms with E-state index in [2.05, 4.69) is 24.3 Å². The van der Waals surface area contributed by atoms with E-state index in [1.54, 1.807) is 0 Å². The predicted molar refractivity (Wildman–Crippen MR) is 61.2 cm³/mol. The van der Waals surface area contributed by atoms with Gasteiger partial charge < -0.3 is 10.2 Å². The van der Waals surface area contributed by atoms with Gasteiger partial charge in [-0.2, -0.15) is 0 Å². The Kier molecular flexibility index (Phi) is 5.02. The Morgan fingerprint density at radius 1 is 1.23 bits per heavy atom. The molecule has 1 saturated carbocycles. The second kappa shape index (κ2) is 4.83. The molecule has 2 rings (SSSR count). The Bertz CT molecular complexity index is 158. The number of hydrogen-bond donors (Lipinski definition) is 1. The molecule has 4 heteroatoms. The smallest absolute Gasteiger partial charge is 0.0232 e. The molecule has 2 nitrogen and oxygen atoms in total. The highest BCUT2D eigenvalue weighted by Crippen LogP contribution is 2.39. The van der Waals surface area contributed by atoms with Crippen LogP contribution in [-0.4, -0.2) is 37.1 Å². The zero-order valence-corrected chi connectivity index (χ0v) is 10.0. The van der Waals surface area contributed by atoms with Gasteiger partial charge >= 0.3 is 0 Å². The normalized spacial score (nSPS) is 29.3. The third-order valence-corrected chi connectivity index (χ3v) is 3.38. The Hall–Kier alpha value is 0.500. The molecule has 13 heavy (non-hydrogen) atoms. The Morgan fingerprint density at radius 3 is 2.08 bits per heavy atom. The Labute approximate surface area is 93.3 Å². The lowest BCUT2D eigenvalue weighted by Crippen LogP contribution is -2.45. The molecule has 1 spiro atoms. The Morgan fingerprint density at radius 2 is 1.85 bits per heavy atom. The minimum atomic E-state index is 0. The molecular formula is C9H20Cl2N2. The van der Waals surface area contributed by atoms with Crippen LogP contribution in [0.5, 0.6) is 0 Å². The minimum absolute atomic E-state index is 0. The second-order valence-electron chi connectivity index (χ2n) is 4.34. The first-order valence-electron chi connectivity index (χ1n) is 4.63. The number of rotatable bonds is 1. The number of likely N-dealkylation sites (N-methyl/N-ethyl adjacent to an activating group) is 1. The van der Waals surface area contributed by atoms with Crippen molar-refractivity contribution < 1.29 is 0 Å². The third-order valence-electron chi connectivity index (χ3n) is 3.38. The van der Waals surface area contributed by atoms with Crippen LogP contribution in [0.1, 0.15) is 25.7 Å². The molecule has 1 aliphatic carbocycles. The number of hydrogen-bond acceptors (Lipinski definition) is 2. The van der Waals surface area contributed by atoms with Gasteiger partial charge in [0.15, 0.2) is 0 Å². The molecular weight excluding hydrogens is 207 g/mol. The fraction of sp³-hybridized carbons (Fsp3) is 1.00. The maximum absolute atomic E-state index is 3.66. The predicted octanol–water partition coefficient (Wildman–Crippen LogP) is 1.68. The minimum Gasteiger partial charge on any atom is -0.310 e. The maximum Gasteiger partial charge on any atom is 0.0232 e. The van der Waals surface area contributed by atoms with Gasteiger partial charge in [0.1, 0.15) is 0 Å². The van der Waals surface area contributed by atoms with Crippen molar-refractivity contribution in [2.24, 2.45) is 0 Å². The van der Waals surface area contributed by atoms with E-state index in [9.17, 15) is 0 Å². The van der Waals surface area contributed by atoms with Gasteiger partial charge in [-0.25, -0.2) is 0 Å². The number of nitrogens with one attached hydrogen (secondary N) is 1. The summed E-state index contributed by atoms with van der Waals surface area (Å²) in [6.45, 7) is 1.20. The monoisotopic (exact) mass is 226 g/mol. The lowest BCUT2D eigenvalue weighted by Gasteiger charge is -2.39. The highest BCUT2D eigenvalue weighted by Gasteiger charge is 2.43. The van der Waals surface area contributed by atoms with E-state index in [-0.39, 0.29) is 24.8 Å². The van der Waals surface area contributed by atoms with E-state index in [1.165, 1.54) is 32.2 Å². The molecule has 1 unspecified atom stereocenters. The molecule has 1 saturated heterocycles. The van der Waals surface area contributed by atoms with Crippen molar-refractivity contribution in [1.82, 2.24) is 10.2 Å². The molecule has 2 aliphatic rings. The lowest BCUT2D eigenvalue weighted by atomic mass is 9.75. The van der Waals surface area contributed by atoms with Gasteiger partial charge in [-0.15, -0.1) is 24.8 Å². The summed E-state index contributed by atoms with van der Waals surface area (Å²) in [5.41, 5.74) is 0.578. The van der Waals surface area contributed by atoms with E-state index < -0.39 is 0 Å². The Balaban J connectivity index is 0.000000720. The molecule has 0 radical (unpaired) electrons. The lowest BCUT2D eigenvalue weighted by molar-refractivity contribution is 0.199. The van der Waals surface area contributed by atoms with Crippen LogP contribution in [0.3, 0.4) is 0 Å². The molecule has 2 fully saturated rings. The highest BCUT2D eigenvalue weighted by molar-refractivity contribution is 5.85. The number of nitrogens with zero attached hydrogens (tertiary/aromatic N) is 1. The highest BCUT2D eigenvalue weighted by atomic mass is 35.5. The molecule has 0 aromatic rings. The second-order valence-corrected chi connectivity index (χ2v) is 4.34.